The maximum atomic E-state index is 14.1. The van der Waals surface area contributed by atoms with Crippen molar-refractivity contribution in [3.63, 3.8) is 0 Å². The van der Waals surface area contributed by atoms with Crippen molar-refractivity contribution in [3.05, 3.63) is 41.5 Å². The predicted molar refractivity (Wildman–Crippen MR) is 222 cm³/mol. The molecule has 0 bridgehead atoms. The minimum Gasteiger partial charge on any atom is -0.497 e. The summed E-state index contributed by atoms with van der Waals surface area (Å²) in [6.45, 7) is 10.2. The van der Waals surface area contributed by atoms with Gasteiger partial charge in [0, 0.05) is 18.3 Å². The second-order valence-electron chi connectivity index (χ2n) is 19.6. The molecule has 7 rings (SSSR count). The van der Waals surface area contributed by atoms with Crippen LogP contribution in [0.4, 0.5) is 4.79 Å². The van der Waals surface area contributed by atoms with Crippen molar-refractivity contribution in [1.82, 2.24) is 0 Å². The molecule has 17 atom stereocenters. The molecular weight excluding hydrogens is 805 g/mol. The van der Waals surface area contributed by atoms with Gasteiger partial charge in [-0.15, -0.1) is 0 Å². The molecule has 15 nitrogen and oxygen atoms in total. The van der Waals surface area contributed by atoms with E-state index < -0.39 is 74.0 Å². The summed E-state index contributed by atoms with van der Waals surface area (Å²) >= 11 is 0. The van der Waals surface area contributed by atoms with Gasteiger partial charge in [-0.2, -0.15) is 0 Å². The number of rotatable bonds is 13. The summed E-state index contributed by atoms with van der Waals surface area (Å²) in [6, 6.07) is 6.08. The van der Waals surface area contributed by atoms with E-state index in [-0.39, 0.29) is 52.6 Å². The molecule has 1 aromatic carbocycles. The van der Waals surface area contributed by atoms with Crippen molar-refractivity contribution >= 4 is 17.9 Å². The van der Waals surface area contributed by atoms with E-state index in [0.717, 1.165) is 45.6 Å². The lowest BCUT2D eigenvalue weighted by Crippen LogP contribution is -2.62. The number of methoxy groups -OCH3 is 2. The van der Waals surface area contributed by atoms with Gasteiger partial charge in [0.25, 0.3) is 0 Å². The lowest BCUT2D eigenvalue weighted by atomic mass is 9.47. The number of esters is 1. The van der Waals surface area contributed by atoms with Crippen LogP contribution >= 0.6 is 0 Å². The van der Waals surface area contributed by atoms with Crippen molar-refractivity contribution in [2.75, 3.05) is 27.4 Å². The van der Waals surface area contributed by atoms with Crippen molar-refractivity contribution in [2.45, 2.75) is 154 Å². The van der Waals surface area contributed by atoms with E-state index in [1.54, 1.807) is 12.1 Å². The number of carbonyl (C=O) groups excluding carboxylic acids is 3. The first-order valence-electron chi connectivity index (χ1n) is 22.6. The Balaban J connectivity index is 1.17. The number of fused-ring (bicyclic) bond motifs is 5. The molecule has 4 N–H and O–H groups in total. The van der Waals surface area contributed by atoms with Crippen LogP contribution in [0.15, 0.2) is 35.9 Å². The molecule has 62 heavy (non-hydrogen) atoms. The van der Waals surface area contributed by atoms with E-state index in [2.05, 4.69) is 33.8 Å². The summed E-state index contributed by atoms with van der Waals surface area (Å²) in [5.41, 5.74) is 1.22. The van der Waals surface area contributed by atoms with Gasteiger partial charge in [-0.3, -0.25) is 4.79 Å². The van der Waals surface area contributed by atoms with Gasteiger partial charge >= 0.3 is 12.1 Å². The maximum Gasteiger partial charge on any atom is 0.508 e. The highest BCUT2D eigenvalue weighted by Gasteiger charge is 2.64. The first-order valence-corrected chi connectivity index (χ1v) is 22.6. The molecule has 0 amide bonds. The molecule has 2 heterocycles. The Kier molecular flexibility index (Phi) is 14.5. The smallest absolute Gasteiger partial charge is 0.497 e. The standard InChI is InChI=1S/C47H68O15/c1-24(2)8-15-33(49)25(3)37-36(21-32-30-14-11-27-20-28(48)16-18-46(27,4)31(30)17-19-47(32,37)5)59-44-41(62-45(54)56-7)39(35(51)23-58-44)61-43-40(38(52)34(50)22-57-43)60-42(53)26-9-12-29(55-6)13-10-26/h9-13,24-25,28,30-32,34-41,43-44,48,50-52H,8,14-23H2,1-7H3/t25-,28+,30-,31+,32+,34?,35?,36+,37+,38?,39?,40?,41?,43?,44?,46+,47+/m1/s1. The van der Waals surface area contributed by atoms with Gasteiger partial charge < -0.3 is 58.3 Å². The quantitative estimate of drug-likeness (QED) is 0.150. The van der Waals surface area contributed by atoms with Gasteiger partial charge in [-0.05, 0) is 110 Å². The highest BCUT2D eigenvalue weighted by atomic mass is 16.8. The number of allylic oxidation sites excluding steroid dienone is 1. The number of aliphatic hydroxyl groups excluding tert-OH is 4. The molecule has 0 aromatic heterocycles. The summed E-state index contributed by atoms with van der Waals surface area (Å²) in [4.78, 5) is 40.4. The Labute approximate surface area is 364 Å². The SMILES string of the molecule is COC(=O)OC1C(O[C@H]2C[C@H]3[C@@H]4CC=C5C[C@@H](O)CC[C@]5(C)[C@H]4CC[C@]3(C)[C@H]2[C@H](C)C(=O)CCC(C)C)OCC(O)C1OC1OCC(O)C(O)C1OC(=O)c1ccc(OC)cc1. The summed E-state index contributed by atoms with van der Waals surface area (Å²) in [5.74, 6) is 0.580. The molecule has 0 spiro atoms. The van der Waals surface area contributed by atoms with Crippen molar-refractivity contribution in [2.24, 2.45) is 46.3 Å². The molecule has 346 valence electrons. The van der Waals surface area contributed by atoms with E-state index in [1.807, 2.05) is 6.92 Å². The van der Waals surface area contributed by atoms with Crippen molar-refractivity contribution in [1.29, 1.82) is 0 Å². The third-order valence-electron chi connectivity index (χ3n) is 15.6. The molecule has 1 aromatic rings. The Morgan fingerprint density at radius 1 is 0.839 bits per heavy atom. The number of Topliss-reactive ketones (excluding diaryl/α,β-unsaturated/α-hetero) is 1. The van der Waals surface area contributed by atoms with Gasteiger partial charge in [0.2, 0.25) is 0 Å². The molecule has 6 aliphatic rings. The summed E-state index contributed by atoms with van der Waals surface area (Å²) in [6.07, 6.45) is -4.29. The minimum absolute atomic E-state index is 0.00507. The zero-order chi connectivity index (χ0) is 44.7. The van der Waals surface area contributed by atoms with Crippen molar-refractivity contribution < 1.29 is 72.7 Å². The molecule has 3 saturated carbocycles. The number of hydrogen-bond donors (Lipinski definition) is 4. The highest BCUT2D eigenvalue weighted by Crippen LogP contribution is 2.68. The lowest BCUT2D eigenvalue weighted by molar-refractivity contribution is -0.339. The first-order chi connectivity index (χ1) is 29.5. The van der Waals surface area contributed by atoms with Crippen LogP contribution < -0.4 is 4.74 Å². The zero-order valence-corrected chi connectivity index (χ0v) is 37.2. The van der Waals surface area contributed by atoms with Gasteiger partial charge in [-0.1, -0.05) is 46.3 Å². The van der Waals surface area contributed by atoms with Crippen LogP contribution in [-0.4, -0.2) is 127 Å². The molecule has 2 aliphatic heterocycles. The van der Waals surface area contributed by atoms with E-state index in [4.69, 9.17) is 37.9 Å². The monoisotopic (exact) mass is 872 g/mol. The van der Waals surface area contributed by atoms with Gasteiger partial charge in [0.05, 0.1) is 45.2 Å². The van der Waals surface area contributed by atoms with E-state index in [9.17, 15) is 34.8 Å². The highest BCUT2D eigenvalue weighted by molar-refractivity contribution is 5.89. The normalized spacial score (nSPS) is 40.9. The van der Waals surface area contributed by atoms with Crippen LogP contribution in [0.3, 0.4) is 0 Å². The maximum absolute atomic E-state index is 14.1. The number of carbonyl (C=O) groups is 3. The van der Waals surface area contributed by atoms with E-state index in [0.29, 0.717) is 42.8 Å². The Hall–Kier alpha value is -3.15. The number of benzene rings is 1. The van der Waals surface area contributed by atoms with Crippen LogP contribution in [0.2, 0.25) is 0 Å². The van der Waals surface area contributed by atoms with Crippen LogP contribution in [0, 0.1) is 46.3 Å². The summed E-state index contributed by atoms with van der Waals surface area (Å²) in [7, 11) is 2.63. The molecule has 0 radical (unpaired) electrons. The Bertz CT molecular complexity index is 1770. The number of aliphatic hydroxyl groups is 4. The lowest BCUT2D eigenvalue weighted by Gasteiger charge is -2.58. The molecular formula is C47H68O15. The fourth-order valence-electron chi connectivity index (χ4n) is 12.1. The second-order valence-corrected chi connectivity index (χ2v) is 19.6. The molecule has 4 aliphatic carbocycles. The van der Waals surface area contributed by atoms with Crippen LogP contribution in [0.5, 0.6) is 5.75 Å². The molecule has 2 saturated heterocycles. The molecule has 15 heteroatoms. The fourth-order valence-corrected chi connectivity index (χ4v) is 12.1. The molecule has 5 fully saturated rings. The largest absolute Gasteiger partial charge is 0.508 e. The van der Waals surface area contributed by atoms with Gasteiger partial charge in [0.15, 0.2) is 24.8 Å². The van der Waals surface area contributed by atoms with Crippen LogP contribution in [0.1, 0.15) is 103 Å². The van der Waals surface area contributed by atoms with Crippen LogP contribution in [-0.2, 0) is 38.0 Å². The number of ketones is 1. The second kappa shape index (κ2) is 19.1. The van der Waals surface area contributed by atoms with Gasteiger partial charge in [-0.25, -0.2) is 9.59 Å². The van der Waals surface area contributed by atoms with E-state index >= 15 is 0 Å². The third-order valence-corrected chi connectivity index (χ3v) is 15.6. The predicted octanol–water partition coefficient (Wildman–Crippen LogP) is 5.13. The average Bonchev–Trinajstić information content (AvgIpc) is 3.55. The summed E-state index contributed by atoms with van der Waals surface area (Å²) in [5, 5.41) is 43.7. The molecule has 8 unspecified atom stereocenters. The average molecular weight is 873 g/mol. The minimum atomic E-state index is -1.64. The van der Waals surface area contributed by atoms with Crippen molar-refractivity contribution in [3.8, 4) is 5.75 Å². The number of ether oxygens (including phenoxy) is 8. The Morgan fingerprint density at radius 3 is 2.21 bits per heavy atom. The van der Waals surface area contributed by atoms with E-state index in [1.165, 1.54) is 24.8 Å². The topological polar surface area (TPSA) is 206 Å². The van der Waals surface area contributed by atoms with Crippen LogP contribution in [0.25, 0.3) is 0 Å². The zero-order valence-electron chi connectivity index (χ0n) is 37.2. The summed E-state index contributed by atoms with van der Waals surface area (Å²) < 4.78 is 46.8. The third kappa shape index (κ3) is 9.20. The Morgan fingerprint density at radius 2 is 1.53 bits per heavy atom. The van der Waals surface area contributed by atoms with Gasteiger partial charge in [0.1, 0.15) is 35.9 Å². The number of hydrogen-bond acceptors (Lipinski definition) is 15. The fraction of sp³-hybridized carbons (Fsp3) is 0.766. The first kappa shape index (κ1) is 46.8.